The number of carbonyl (C=O) groups is 3. The van der Waals surface area contributed by atoms with Crippen LogP contribution in [0.15, 0.2) is 60.7 Å². The maximum Gasteiger partial charge on any atom is 0.247 e. The van der Waals surface area contributed by atoms with Crippen molar-refractivity contribution in [1.29, 1.82) is 0 Å². The molecule has 0 unspecified atom stereocenters. The molecule has 3 amide bonds. The highest BCUT2D eigenvalue weighted by molar-refractivity contribution is 5.93. The molecule has 1 N–H and O–H groups in total. The van der Waals surface area contributed by atoms with Crippen LogP contribution in [0.4, 0.5) is 5.69 Å². The number of hydrogen-bond acceptors (Lipinski definition) is 4. The Bertz CT molecular complexity index is 987. The number of nitrogens with zero attached hydrogens (tertiary/aromatic N) is 3. The Hall–Kier alpha value is -3.35. The Morgan fingerprint density at radius 3 is 2.26 bits per heavy atom. The van der Waals surface area contributed by atoms with Gasteiger partial charge in [-0.05, 0) is 37.0 Å². The highest BCUT2D eigenvalue weighted by Gasteiger charge is 2.50. The number of rotatable bonds is 8. The fourth-order valence-corrected chi connectivity index (χ4v) is 5.02. The van der Waals surface area contributed by atoms with Crippen LogP contribution < -0.4 is 10.2 Å². The first kappa shape index (κ1) is 23.8. The summed E-state index contributed by atoms with van der Waals surface area (Å²) in [6.45, 7) is 4.48. The van der Waals surface area contributed by atoms with E-state index in [4.69, 9.17) is 0 Å². The summed E-state index contributed by atoms with van der Waals surface area (Å²) >= 11 is 0. The SMILES string of the molecule is CCCC(=O)N(CCC(=O)N1CCC2(CC1)C(=O)NCN2c1ccccc1)Cc1ccccc1. The van der Waals surface area contributed by atoms with Crippen molar-refractivity contribution >= 4 is 23.4 Å². The van der Waals surface area contributed by atoms with E-state index in [1.807, 2.05) is 72.5 Å². The highest BCUT2D eigenvalue weighted by Crippen LogP contribution is 2.36. The predicted octanol–water partition coefficient (Wildman–Crippen LogP) is 3.16. The lowest BCUT2D eigenvalue weighted by molar-refractivity contribution is -0.137. The summed E-state index contributed by atoms with van der Waals surface area (Å²) in [5.74, 6) is 0.169. The molecule has 2 fully saturated rings. The number of para-hydroxylation sites is 1. The zero-order chi connectivity index (χ0) is 24.0. The number of benzene rings is 2. The number of nitrogens with one attached hydrogen (secondary N) is 1. The number of anilines is 1. The van der Waals surface area contributed by atoms with Gasteiger partial charge >= 0.3 is 0 Å². The lowest BCUT2D eigenvalue weighted by Gasteiger charge is -2.43. The molecule has 2 aromatic carbocycles. The summed E-state index contributed by atoms with van der Waals surface area (Å²) in [6, 6.07) is 19.9. The third kappa shape index (κ3) is 5.08. The second-order valence-electron chi connectivity index (χ2n) is 9.14. The molecule has 2 aliphatic heterocycles. The molecule has 2 aromatic rings. The van der Waals surface area contributed by atoms with Crippen molar-refractivity contribution in [1.82, 2.24) is 15.1 Å². The molecule has 180 valence electrons. The molecular formula is C27H34N4O3. The Balaban J connectivity index is 1.36. The summed E-state index contributed by atoms with van der Waals surface area (Å²) in [6.07, 6.45) is 2.76. The number of hydrogen-bond donors (Lipinski definition) is 1. The van der Waals surface area contributed by atoms with Crippen molar-refractivity contribution in [3.63, 3.8) is 0 Å². The Labute approximate surface area is 201 Å². The van der Waals surface area contributed by atoms with Crippen molar-refractivity contribution in [3.05, 3.63) is 66.2 Å². The summed E-state index contributed by atoms with van der Waals surface area (Å²) in [5, 5.41) is 3.00. The lowest BCUT2D eigenvalue weighted by atomic mass is 9.85. The first-order valence-corrected chi connectivity index (χ1v) is 12.2. The molecule has 2 saturated heterocycles. The van der Waals surface area contributed by atoms with E-state index in [0.717, 1.165) is 17.7 Å². The molecule has 4 rings (SSSR count). The van der Waals surface area contributed by atoms with Crippen molar-refractivity contribution in [2.45, 2.75) is 51.1 Å². The standard InChI is InChI=1S/C27H34N4O3/c1-2-9-24(32)30(20-22-10-5-3-6-11-22)17-14-25(33)29-18-15-27(16-19-29)26(34)28-21-31(27)23-12-7-4-8-13-23/h3-8,10-13H,2,9,14-21H2,1H3,(H,28,34). The van der Waals surface area contributed by atoms with E-state index in [9.17, 15) is 14.4 Å². The van der Waals surface area contributed by atoms with E-state index in [1.54, 1.807) is 4.90 Å². The van der Waals surface area contributed by atoms with Crippen LogP contribution in [-0.4, -0.2) is 59.4 Å². The second-order valence-corrected chi connectivity index (χ2v) is 9.14. The van der Waals surface area contributed by atoms with Crippen molar-refractivity contribution in [2.24, 2.45) is 0 Å². The van der Waals surface area contributed by atoms with E-state index >= 15 is 0 Å². The zero-order valence-corrected chi connectivity index (χ0v) is 19.9. The Kier molecular flexibility index (Phi) is 7.50. The van der Waals surface area contributed by atoms with Gasteiger partial charge in [0.25, 0.3) is 0 Å². The van der Waals surface area contributed by atoms with E-state index in [-0.39, 0.29) is 17.7 Å². The van der Waals surface area contributed by atoms with Crippen LogP contribution in [0.25, 0.3) is 0 Å². The van der Waals surface area contributed by atoms with Crippen LogP contribution in [0.2, 0.25) is 0 Å². The molecule has 0 bridgehead atoms. The van der Waals surface area contributed by atoms with Crippen LogP contribution in [0, 0.1) is 0 Å². The molecule has 7 nitrogen and oxygen atoms in total. The van der Waals surface area contributed by atoms with E-state index in [1.165, 1.54) is 0 Å². The maximum atomic E-state index is 13.0. The molecule has 0 atom stereocenters. The molecule has 7 heteroatoms. The van der Waals surface area contributed by atoms with Crippen molar-refractivity contribution in [2.75, 3.05) is 31.2 Å². The average Bonchev–Trinajstić information content (AvgIpc) is 3.18. The monoisotopic (exact) mass is 462 g/mol. The predicted molar refractivity (Wildman–Crippen MR) is 132 cm³/mol. The van der Waals surface area contributed by atoms with Gasteiger partial charge in [-0.1, -0.05) is 55.5 Å². The van der Waals surface area contributed by atoms with Gasteiger partial charge in [-0.2, -0.15) is 0 Å². The van der Waals surface area contributed by atoms with Crippen LogP contribution in [0.1, 0.15) is 44.6 Å². The molecule has 0 saturated carbocycles. The number of likely N-dealkylation sites (tertiary alicyclic amines) is 1. The van der Waals surface area contributed by atoms with Gasteiger partial charge in [0.1, 0.15) is 5.54 Å². The lowest BCUT2D eigenvalue weighted by Crippen LogP contribution is -2.57. The van der Waals surface area contributed by atoms with Crippen LogP contribution >= 0.6 is 0 Å². The van der Waals surface area contributed by atoms with Gasteiger partial charge in [0.05, 0.1) is 6.67 Å². The van der Waals surface area contributed by atoms with Crippen LogP contribution in [0.3, 0.4) is 0 Å². The van der Waals surface area contributed by atoms with Gasteiger partial charge in [0, 0.05) is 44.7 Å². The summed E-state index contributed by atoms with van der Waals surface area (Å²) in [5.41, 5.74) is 1.48. The quantitative estimate of drug-likeness (QED) is 0.654. The first-order chi connectivity index (χ1) is 16.5. The van der Waals surface area contributed by atoms with Crippen molar-refractivity contribution in [3.8, 4) is 0 Å². The molecule has 1 spiro atoms. The fraction of sp³-hybridized carbons (Fsp3) is 0.444. The number of piperidine rings is 1. The number of amides is 3. The molecule has 0 radical (unpaired) electrons. The Morgan fingerprint density at radius 2 is 1.62 bits per heavy atom. The topological polar surface area (TPSA) is 73.0 Å². The molecule has 34 heavy (non-hydrogen) atoms. The van der Waals surface area contributed by atoms with E-state index in [2.05, 4.69) is 10.2 Å². The largest absolute Gasteiger partial charge is 0.342 e. The van der Waals surface area contributed by atoms with Crippen molar-refractivity contribution < 1.29 is 14.4 Å². The summed E-state index contributed by atoms with van der Waals surface area (Å²) in [4.78, 5) is 44.3. The molecule has 0 aliphatic carbocycles. The van der Waals surface area contributed by atoms with Gasteiger partial charge in [-0.25, -0.2) is 0 Å². The zero-order valence-electron chi connectivity index (χ0n) is 19.9. The van der Waals surface area contributed by atoms with Gasteiger partial charge < -0.3 is 20.0 Å². The maximum absolute atomic E-state index is 13.0. The van der Waals surface area contributed by atoms with Gasteiger partial charge in [-0.15, -0.1) is 0 Å². The van der Waals surface area contributed by atoms with Gasteiger partial charge in [-0.3, -0.25) is 14.4 Å². The first-order valence-electron chi connectivity index (χ1n) is 12.2. The van der Waals surface area contributed by atoms with E-state index in [0.29, 0.717) is 58.5 Å². The van der Waals surface area contributed by atoms with Crippen LogP contribution in [0.5, 0.6) is 0 Å². The smallest absolute Gasteiger partial charge is 0.247 e. The summed E-state index contributed by atoms with van der Waals surface area (Å²) < 4.78 is 0. The average molecular weight is 463 g/mol. The van der Waals surface area contributed by atoms with E-state index < -0.39 is 5.54 Å². The molecule has 2 aliphatic rings. The molecule has 2 heterocycles. The minimum Gasteiger partial charge on any atom is -0.342 e. The Morgan fingerprint density at radius 1 is 0.971 bits per heavy atom. The summed E-state index contributed by atoms with van der Waals surface area (Å²) in [7, 11) is 0. The normalized spacial score (nSPS) is 17.0. The van der Waals surface area contributed by atoms with Gasteiger partial charge in [0.2, 0.25) is 17.7 Å². The third-order valence-electron chi connectivity index (χ3n) is 6.98. The second kappa shape index (κ2) is 10.7. The fourth-order valence-electron chi connectivity index (χ4n) is 5.02. The minimum absolute atomic E-state index is 0.0434. The molecule has 0 aromatic heterocycles. The number of carbonyl (C=O) groups excluding carboxylic acids is 3. The highest BCUT2D eigenvalue weighted by atomic mass is 16.2. The van der Waals surface area contributed by atoms with Crippen LogP contribution in [-0.2, 0) is 20.9 Å². The molecular weight excluding hydrogens is 428 g/mol. The third-order valence-corrected chi connectivity index (χ3v) is 6.98. The minimum atomic E-state index is -0.603. The van der Waals surface area contributed by atoms with Gasteiger partial charge in [0.15, 0.2) is 0 Å².